The number of aromatic nitrogens is 1. The summed E-state index contributed by atoms with van der Waals surface area (Å²) in [5.74, 6) is -0.107. The second-order valence-corrected chi connectivity index (χ2v) is 8.08. The molecule has 2 aliphatic heterocycles. The van der Waals surface area contributed by atoms with Crippen molar-refractivity contribution in [1.29, 1.82) is 0 Å². The highest BCUT2D eigenvalue weighted by molar-refractivity contribution is 7.88. The largest absolute Gasteiger partial charge is 0.373 e. The molecule has 2 aliphatic rings. The van der Waals surface area contributed by atoms with Crippen molar-refractivity contribution in [3.63, 3.8) is 0 Å². The van der Waals surface area contributed by atoms with Crippen LogP contribution in [0.4, 0.5) is 0 Å². The van der Waals surface area contributed by atoms with E-state index in [1.807, 2.05) is 0 Å². The second kappa shape index (κ2) is 6.18. The van der Waals surface area contributed by atoms with Gasteiger partial charge >= 0.3 is 0 Å². The van der Waals surface area contributed by atoms with Gasteiger partial charge in [0.1, 0.15) is 5.69 Å². The molecule has 1 amide bonds. The molecule has 0 unspecified atom stereocenters. The van der Waals surface area contributed by atoms with Gasteiger partial charge in [0.25, 0.3) is 5.91 Å². The fourth-order valence-electron chi connectivity index (χ4n) is 3.38. The number of carbonyl (C=O) groups is 1. The van der Waals surface area contributed by atoms with Crippen molar-refractivity contribution in [2.45, 2.75) is 30.9 Å². The molecular weight excluding hydrogens is 318 g/mol. The van der Waals surface area contributed by atoms with Gasteiger partial charge in [-0.2, -0.15) is 0 Å². The average Bonchev–Trinajstić information content (AvgIpc) is 2.89. The average molecular weight is 339 g/mol. The van der Waals surface area contributed by atoms with Crippen molar-refractivity contribution < 1.29 is 17.9 Å². The van der Waals surface area contributed by atoms with E-state index in [-0.39, 0.29) is 11.9 Å². The Morgan fingerprint density at radius 1 is 1.48 bits per heavy atom. The van der Waals surface area contributed by atoms with Crippen molar-refractivity contribution in [3.8, 4) is 0 Å². The molecule has 3 rings (SSSR count). The number of sulfonamides is 1. The molecule has 2 atom stereocenters. The maximum atomic E-state index is 12.5. The van der Waals surface area contributed by atoms with E-state index in [9.17, 15) is 13.2 Å². The zero-order chi connectivity index (χ0) is 16.5. The van der Waals surface area contributed by atoms with Crippen LogP contribution < -0.4 is 4.72 Å². The minimum Gasteiger partial charge on any atom is -0.373 e. The predicted molar refractivity (Wildman–Crippen MR) is 84.4 cm³/mol. The second-order valence-electron chi connectivity index (χ2n) is 6.30. The quantitative estimate of drug-likeness (QED) is 0.861. The third-order valence-corrected chi connectivity index (χ3v) is 5.12. The van der Waals surface area contributed by atoms with Gasteiger partial charge in [0.2, 0.25) is 10.0 Å². The van der Waals surface area contributed by atoms with Crippen LogP contribution >= 0.6 is 0 Å². The summed E-state index contributed by atoms with van der Waals surface area (Å²) in [6.07, 6.45) is 4.73. The lowest BCUT2D eigenvalue weighted by atomic mass is 9.90. The summed E-state index contributed by atoms with van der Waals surface area (Å²) in [6.45, 7) is 1.57. The molecule has 126 valence electrons. The molecule has 1 aromatic heterocycles. The summed E-state index contributed by atoms with van der Waals surface area (Å²) in [5.41, 5.74) is -0.0309. The Labute approximate surface area is 136 Å². The van der Waals surface area contributed by atoms with Crippen LogP contribution in [0.5, 0.6) is 0 Å². The SMILES string of the molecule is CS(=O)(=O)N[C@@H]1CCO[C@]2(CCN(C(=O)c3ccccn3)C2)C1. The minimum absolute atomic E-state index is 0.107. The smallest absolute Gasteiger partial charge is 0.272 e. The van der Waals surface area contributed by atoms with E-state index in [1.165, 1.54) is 6.26 Å². The topological polar surface area (TPSA) is 88.6 Å². The Morgan fingerprint density at radius 2 is 2.30 bits per heavy atom. The Balaban J connectivity index is 1.67. The van der Waals surface area contributed by atoms with Crippen LogP contribution in [0.25, 0.3) is 0 Å². The van der Waals surface area contributed by atoms with Crippen LogP contribution in [0.15, 0.2) is 24.4 Å². The van der Waals surface area contributed by atoms with Gasteiger partial charge in [0, 0.05) is 25.4 Å². The van der Waals surface area contributed by atoms with Crippen LogP contribution in [-0.4, -0.2) is 61.8 Å². The van der Waals surface area contributed by atoms with Crippen LogP contribution in [0, 0.1) is 0 Å². The van der Waals surface area contributed by atoms with Crippen LogP contribution in [0.1, 0.15) is 29.8 Å². The number of likely N-dealkylation sites (tertiary alicyclic amines) is 1. The third kappa shape index (κ3) is 3.88. The van der Waals surface area contributed by atoms with E-state index in [1.54, 1.807) is 29.3 Å². The first kappa shape index (κ1) is 16.4. The number of pyridine rings is 1. The number of ether oxygens (including phenoxy) is 1. The molecule has 23 heavy (non-hydrogen) atoms. The molecule has 7 nitrogen and oxygen atoms in total. The van der Waals surface area contributed by atoms with Crippen molar-refractivity contribution in [1.82, 2.24) is 14.6 Å². The molecule has 0 bridgehead atoms. The van der Waals surface area contributed by atoms with Crippen molar-refractivity contribution >= 4 is 15.9 Å². The van der Waals surface area contributed by atoms with Gasteiger partial charge in [0.15, 0.2) is 0 Å². The van der Waals surface area contributed by atoms with Crippen molar-refractivity contribution in [3.05, 3.63) is 30.1 Å². The number of hydrogen-bond acceptors (Lipinski definition) is 5. The van der Waals surface area contributed by atoms with E-state index in [2.05, 4.69) is 9.71 Å². The zero-order valence-electron chi connectivity index (χ0n) is 13.1. The minimum atomic E-state index is -3.24. The maximum Gasteiger partial charge on any atom is 0.272 e. The molecule has 0 radical (unpaired) electrons. The molecular formula is C15H21N3O4S. The summed E-state index contributed by atoms with van der Waals surface area (Å²) >= 11 is 0. The first-order valence-corrected chi connectivity index (χ1v) is 9.58. The number of rotatable bonds is 3. The number of nitrogens with zero attached hydrogens (tertiary/aromatic N) is 2. The highest BCUT2D eigenvalue weighted by Gasteiger charge is 2.45. The number of carbonyl (C=O) groups excluding carboxylic acids is 1. The molecule has 0 saturated carbocycles. The highest BCUT2D eigenvalue weighted by atomic mass is 32.2. The van der Waals surface area contributed by atoms with Crippen LogP contribution in [0.3, 0.4) is 0 Å². The first-order valence-electron chi connectivity index (χ1n) is 7.69. The number of amides is 1. The third-order valence-electron chi connectivity index (χ3n) is 4.36. The lowest BCUT2D eigenvalue weighted by Gasteiger charge is -2.38. The Hall–Kier alpha value is -1.51. The molecule has 2 saturated heterocycles. The first-order chi connectivity index (χ1) is 10.9. The highest BCUT2D eigenvalue weighted by Crippen LogP contribution is 2.34. The summed E-state index contributed by atoms with van der Waals surface area (Å²) < 4.78 is 31.5. The van der Waals surface area contributed by atoms with E-state index in [0.717, 1.165) is 0 Å². The summed E-state index contributed by atoms with van der Waals surface area (Å²) in [5, 5.41) is 0. The van der Waals surface area contributed by atoms with E-state index >= 15 is 0 Å². The molecule has 3 heterocycles. The van der Waals surface area contributed by atoms with Gasteiger partial charge in [-0.25, -0.2) is 13.1 Å². The molecule has 8 heteroatoms. The predicted octanol–water partition coefficient (Wildman–Crippen LogP) is 0.395. The van der Waals surface area contributed by atoms with Crippen molar-refractivity contribution in [2.75, 3.05) is 26.0 Å². The van der Waals surface area contributed by atoms with Gasteiger partial charge < -0.3 is 9.64 Å². The van der Waals surface area contributed by atoms with Crippen LogP contribution in [-0.2, 0) is 14.8 Å². The van der Waals surface area contributed by atoms with Crippen molar-refractivity contribution in [2.24, 2.45) is 0 Å². The molecule has 1 aromatic rings. The van der Waals surface area contributed by atoms with E-state index < -0.39 is 15.6 Å². The van der Waals surface area contributed by atoms with Gasteiger partial charge in [0.05, 0.1) is 18.4 Å². The fourth-order valence-corrected chi connectivity index (χ4v) is 4.19. The standard InChI is InChI=1S/C15H21N3O4S/c1-23(20,21)17-12-5-9-22-15(10-12)6-8-18(11-15)14(19)13-4-2-3-7-16-13/h2-4,7,12,17H,5-6,8-11H2,1H3/t12-,15-/m1/s1. The van der Waals surface area contributed by atoms with Gasteiger partial charge in [-0.05, 0) is 31.4 Å². The molecule has 0 aliphatic carbocycles. The molecule has 1 spiro atoms. The monoisotopic (exact) mass is 339 g/mol. The zero-order valence-corrected chi connectivity index (χ0v) is 13.9. The molecule has 1 N–H and O–H groups in total. The van der Waals surface area contributed by atoms with Gasteiger partial charge in [-0.15, -0.1) is 0 Å². The Morgan fingerprint density at radius 3 is 3.00 bits per heavy atom. The normalized spacial score (nSPS) is 28.2. The number of hydrogen-bond donors (Lipinski definition) is 1. The Kier molecular flexibility index (Phi) is 4.39. The summed E-state index contributed by atoms with van der Waals surface area (Å²) in [4.78, 5) is 18.3. The molecule has 0 aromatic carbocycles. The number of nitrogens with one attached hydrogen (secondary N) is 1. The fraction of sp³-hybridized carbons (Fsp3) is 0.600. The summed E-state index contributed by atoms with van der Waals surface area (Å²) in [7, 11) is -3.24. The summed E-state index contributed by atoms with van der Waals surface area (Å²) in [6, 6.07) is 5.12. The van der Waals surface area contributed by atoms with E-state index in [0.29, 0.717) is 44.7 Å². The Bertz CT molecular complexity index is 679. The van der Waals surface area contributed by atoms with Gasteiger partial charge in [-0.1, -0.05) is 6.07 Å². The lowest BCUT2D eigenvalue weighted by molar-refractivity contribution is -0.0763. The lowest BCUT2D eigenvalue weighted by Crippen LogP contribution is -2.50. The maximum absolute atomic E-state index is 12.5. The molecule has 2 fully saturated rings. The van der Waals surface area contributed by atoms with Gasteiger partial charge in [-0.3, -0.25) is 9.78 Å². The van der Waals surface area contributed by atoms with E-state index in [4.69, 9.17) is 4.74 Å². The van der Waals surface area contributed by atoms with Crippen LogP contribution in [0.2, 0.25) is 0 Å².